The molecule has 1 aromatic carbocycles. The molecule has 0 bridgehead atoms. The Morgan fingerprint density at radius 3 is 2.90 bits per heavy atom. The van der Waals surface area contributed by atoms with Crippen LogP contribution in [0.3, 0.4) is 0 Å². The number of carbonyl (C=O) groups is 1. The number of para-hydroxylation sites is 1. The first-order valence-corrected chi connectivity index (χ1v) is 10.8. The van der Waals surface area contributed by atoms with Gasteiger partial charge in [-0.25, -0.2) is 4.98 Å². The molecule has 154 valence electrons. The van der Waals surface area contributed by atoms with Crippen molar-refractivity contribution in [2.75, 3.05) is 12.4 Å². The Labute approximate surface area is 174 Å². The Morgan fingerprint density at radius 1 is 1.48 bits per heavy atom. The van der Waals surface area contributed by atoms with E-state index in [1.54, 1.807) is 23.6 Å². The smallest absolute Gasteiger partial charge is 0.262 e. The Kier molecular flexibility index (Phi) is 6.60. The van der Waals surface area contributed by atoms with Crippen molar-refractivity contribution in [2.45, 2.75) is 57.0 Å². The van der Waals surface area contributed by atoms with Crippen LogP contribution in [0.5, 0.6) is 0 Å². The van der Waals surface area contributed by atoms with Gasteiger partial charge in [-0.15, -0.1) is 0 Å². The molecule has 8 heteroatoms. The van der Waals surface area contributed by atoms with Gasteiger partial charge in [0.1, 0.15) is 5.54 Å². The van der Waals surface area contributed by atoms with Crippen molar-refractivity contribution in [1.29, 1.82) is 5.26 Å². The van der Waals surface area contributed by atoms with Crippen LogP contribution in [0, 0.1) is 17.2 Å². The second-order valence-corrected chi connectivity index (χ2v) is 8.71. The number of nitrogens with one attached hydrogen (secondary N) is 1. The number of amides is 1. The van der Waals surface area contributed by atoms with Crippen LogP contribution >= 0.6 is 11.8 Å². The summed E-state index contributed by atoms with van der Waals surface area (Å²) >= 11 is 1.21. The van der Waals surface area contributed by atoms with E-state index in [2.05, 4.69) is 16.4 Å². The minimum absolute atomic E-state index is 0.0216. The second kappa shape index (κ2) is 8.97. The summed E-state index contributed by atoms with van der Waals surface area (Å²) in [6, 6.07) is 9.38. The van der Waals surface area contributed by atoms with Crippen molar-refractivity contribution >= 4 is 28.6 Å². The molecule has 0 saturated carbocycles. The molecule has 1 saturated heterocycles. The van der Waals surface area contributed by atoms with Crippen LogP contribution in [0.25, 0.3) is 10.9 Å². The molecule has 1 aliphatic rings. The summed E-state index contributed by atoms with van der Waals surface area (Å²) in [5.41, 5.74) is -0.461. The monoisotopic (exact) mass is 414 g/mol. The van der Waals surface area contributed by atoms with Gasteiger partial charge in [-0.05, 0) is 37.8 Å². The SMILES string of the molecule is CC(C)[C@](C)(C#N)NC(=O)CSc1nc2ccccc2c(=O)n1C[C@H]1CCCO1. The zero-order valence-electron chi connectivity index (χ0n) is 17.0. The maximum absolute atomic E-state index is 13.1. The van der Waals surface area contributed by atoms with E-state index in [-0.39, 0.29) is 29.2 Å². The molecule has 0 spiro atoms. The number of hydrogen-bond donors (Lipinski definition) is 1. The molecule has 0 unspecified atom stereocenters. The topological polar surface area (TPSA) is 97.0 Å². The number of rotatable bonds is 7. The number of carbonyl (C=O) groups excluding carboxylic acids is 1. The van der Waals surface area contributed by atoms with Crippen molar-refractivity contribution in [2.24, 2.45) is 5.92 Å². The van der Waals surface area contributed by atoms with Crippen molar-refractivity contribution in [3.8, 4) is 6.07 Å². The number of fused-ring (bicyclic) bond motifs is 1. The summed E-state index contributed by atoms with van der Waals surface area (Å²) in [6.07, 6.45) is 1.86. The average Bonchev–Trinajstić information content (AvgIpc) is 3.22. The Balaban J connectivity index is 1.84. The molecule has 2 heterocycles. The molecule has 0 aliphatic carbocycles. The first-order chi connectivity index (χ1) is 13.8. The maximum Gasteiger partial charge on any atom is 0.262 e. The van der Waals surface area contributed by atoms with Crippen molar-refractivity contribution in [3.05, 3.63) is 34.6 Å². The van der Waals surface area contributed by atoms with Gasteiger partial charge >= 0.3 is 0 Å². The van der Waals surface area contributed by atoms with E-state index in [1.807, 2.05) is 26.0 Å². The quantitative estimate of drug-likeness (QED) is 0.553. The predicted octanol–water partition coefficient (Wildman–Crippen LogP) is 2.72. The van der Waals surface area contributed by atoms with E-state index in [9.17, 15) is 14.9 Å². The van der Waals surface area contributed by atoms with E-state index in [0.29, 0.717) is 29.2 Å². The van der Waals surface area contributed by atoms with Gasteiger partial charge in [-0.2, -0.15) is 5.26 Å². The Morgan fingerprint density at radius 2 is 2.24 bits per heavy atom. The third kappa shape index (κ3) is 4.80. The number of ether oxygens (including phenoxy) is 1. The molecule has 0 radical (unpaired) electrons. The summed E-state index contributed by atoms with van der Waals surface area (Å²) in [6.45, 7) is 6.61. The highest BCUT2D eigenvalue weighted by molar-refractivity contribution is 7.99. The van der Waals surface area contributed by atoms with Crippen LogP contribution in [0.1, 0.15) is 33.6 Å². The number of nitriles is 1. The molecule has 1 aliphatic heterocycles. The minimum atomic E-state index is -0.939. The number of aromatic nitrogens is 2. The van der Waals surface area contributed by atoms with E-state index < -0.39 is 5.54 Å². The third-order valence-electron chi connectivity index (χ3n) is 5.36. The zero-order chi connectivity index (χ0) is 21.0. The van der Waals surface area contributed by atoms with Crippen molar-refractivity contribution in [1.82, 2.24) is 14.9 Å². The lowest BCUT2D eigenvalue weighted by Crippen LogP contribution is -2.49. The summed E-state index contributed by atoms with van der Waals surface area (Å²) < 4.78 is 7.31. The Bertz CT molecular complexity index is 992. The molecule has 3 rings (SSSR count). The maximum atomic E-state index is 13.1. The van der Waals surface area contributed by atoms with Crippen LogP contribution in [-0.4, -0.2) is 39.5 Å². The summed E-state index contributed by atoms with van der Waals surface area (Å²) in [4.78, 5) is 30.2. The van der Waals surface area contributed by atoms with Crippen molar-refractivity contribution < 1.29 is 9.53 Å². The standard InChI is InChI=1S/C21H26N4O3S/c1-14(2)21(3,13-22)24-18(26)12-29-20-23-17-9-5-4-8-16(17)19(27)25(20)11-15-7-6-10-28-15/h4-5,8-9,14-15H,6-7,10-12H2,1-3H3,(H,24,26)/t15-,21+/m1/s1. The van der Waals surface area contributed by atoms with Crippen LogP contribution in [0.2, 0.25) is 0 Å². The third-order valence-corrected chi connectivity index (χ3v) is 6.33. The fourth-order valence-corrected chi connectivity index (χ4v) is 3.98. The number of thioether (sulfide) groups is 1. The second-order valence-electron chi connectivity index (χ2n) is 7.77. The van der Waals surface area contributed by atoms with E-state index in [0.717, 1.165) is 12.8 Å². The highest BCUT2D eigenvalue weighted by atomic mass is 32.2. The van der Waals surface area contributed by atoms with Crippen LogP contribution < -0.4 is 10.9 Å². The van der Waals surface area contributed by atoms with Gasteiger partial charge < -0.3 is 10.1 Å². The van der Waals surface area contributed by atoms with Gasteiger partial charge in [0.2, 0.25) is 5.91 Å². The zero-order valence-corrected chi connectivity index (χ0v) is 17.8. The van der Waals surface area contributed by atoms with E-state index in [1.165, 1.54) is 11.8 Å². The molecular weight excluding hydrogens is 388 g/mol. The normalized spacial score (nSPS) is 18.5. The highest BCUT2D eigenvalue weighted by Gasteiger charge is 2.30. The van der Waals surface area contributed by atoms with Gasteiger partial charge in [0.25, 0.3) is 5.56 Å². The summed E-state index contributed by atoms with van der Waals surface area (Å²) in [5, 5.41) is 13.2. The minimum Gasteiger partial charge on any atom is -0.376 e. The first kappa shape index (κ1) is 21.3. The molecule has 2 aromatic rings. The highest BCUT2D eigenvalue weighted by Crippen LogP contribution is 2.22. The van der Waals surface area contributed by atoms with Gasteiger partial charge in [0, 0.05) is 6.61 Å². The fraction of sp³-hybridized carbons (Fsp3) is 0.524. The van der Waals surface area contributed by atoms with Crippen LogP contribution in [0.15, 0.2) is 34.2 Å². The number of nitrogens with zero attached hydrogens (tertiary/aromatic N) is 3. The van der Waals surface area contributed by atoms with Crippen LogP contribution in [-0.2, 0) is 16.1 Å². The molecule has 1 N–H and O–H groups in total. The molecule has 7 nitrogen and oxygen atoms in total. The lowest BCUT2D eigenvalue weighted by atomic mass is 9.90. The average molecular weight is 415 g/mol. The fourth-order valence-electron chi connectivity index (χ4n) is 3.17. The largest absolute Gasteiger partial charge is 0.376 e. The lowest BCUT2D eigenvalue weighted by Gasteiger charge is -2.27. The first-order valence-electron chi connectivity index (χ1n) is 9.80. The summed E-state index contributed by atoms with van der Waals surface area (Å²) in [5.74, 6) is -0.225. The summed E-state index contributed by atoms with van der Waals surface area (Å²) in [7, 11) is 0. The van der Waals surface area contributed by atoms with Gasteiger partial charge in [-0.3, -0.25) is 14.2 Å². The van der Waals surface area contributed by atoms with Gasteiger partial charge in [0.15, 0.2) is 5.16 Å². The van der Waals surface area contributed by atoms with Gasteiger partial charge in [0.05, 0.1) is 35.4 Å². The molecule has 1 aromatic heterocycles. The molecule has 29 heavy (non-hydrogen) atoms. The van der Waals surface area contributed by atoms with Crippen molar-refractivity contribution in [3.63, 3.8) is 0 Å². The predicted molar refractivity (Wildman–Crippen MR) is 113 cm³/mol. The van der Waals surface area contributed by atoms with E-state index in [4.69, 9.17) is 4.74 Å². The Hall–Kier alpha value is -2.37. The number of benzene rings is 1. The molecular formula is C21H26N4O3S. The molecule has 2 atom stereocenters. The van der Waals surface area contributed by atoms with Crippen LogP contribution in [0.4, 0.5) is 0 Å². The lowest BCUT2D eigenvalue weighted by molar-refractivity contribution is -0.120. The number of hydrogen-bond acceptors (Lipinski definition) is 6. The molecule has 1 fully saturated rings. The van der Waals surface area contributed by atoms with Gasteiger partial charge in [-0.1, -0.05) is 37.7 Å². The molecule has 1 amide bonds. The van der Waals surface area contributed by atoms with E-state index >= 15 is 0 Å².